The van der Waals surface area contributed by atoms with Gasteiger partial charge in [0.15, 0.2) is 0 Å². The van der Waals surface area contributed by atoms with Gasteiger partial charge in [0.25, 0.3) is 0 Å². The number of phenolic OH excluding ortho intramolecular Hbond substituents is 1. The second-order valence-corrected chi connectivity index (χ2v) is 8.23. The van der Waals surface area contributed by atoms with Crippen LogP contribution in [-0.4, -0.2) is 29.4 Å². The molecule has 1 amide bonds. The lowest BCUT2D eigenvalue weighted by Gasteiger charge is -2.24. The molecular formula is C18H29BrN2O3. The van der Waals surface area contributed by atoms with Gasteiger partial charge in [-0.2, -0.15) is 0 Å². The zero-order valence-electron chi connectivity index (χ0n) is 15.1. The average Bonchev–Trinajstić information content (AvgIpc) is 2.43. The van der Waals surface area contributed by atoms with E-state index in [4.69, 9.17) is 4.74 Å². The third-order valence-corrected chi connectivity index (χ3v) is 3.89. The van der Waals surface area contributed by atoms with E-state index in [1.807, 2.05) is 32.9 Å². The molecule has 1 aromatic carbocycles. The molecule has 1 unspecified atom stereocenters. The molecular weight excluding hydrogens is 372 g/mol. The average molecular weight is 401 g/mol. The van der Waals surface area contributed by atoms with Crippen molar-refractivity contribution in [3.05, 3.63) is 28.2 Å². The van der Waals surface area contributed by atoms with E-state index in [1.54, 1.807) is 6.07 Å². The Morgan fingerprint density at radius 3 is 2.54 bits per heavy atom. The molecule has 0 radical (unpaired) electrons. The number of carbonyl (C=O) groups excluding carboxylic acids is 1. The van der Waals surface area contributed by atoms with Crippen molar-refractivity contribution >= 4 is 22.0 Å². The molecule has 0 heterocycles. The van der Waals surface area contributed by atoms with Crippen LogP contribution in [0.3, 0.4) is 0 Å². The summed E-state index contributed by atoms with van der Waals surface area (Å²) in [7, 11) is 0. The highest BCUT2D eigenvalue weighted by atomic mass is 79.9. The molecule has 0 aliphatic heterocycles. The number of rotatable bonds is 7. The van der Waals surface area contributed by atoms with Crippen LogP contribution in [0.2, 0.25) is 0 Å². The second-order valence-electron chi connectivity index (χ2n) is 7.38. The number of carbonyl (C=O) groups is 1. The van der Waals surface area contributed by atoms with Crippen molar-refractivity contribution in [2.24, 2.45) is 5.92 Å². The van der Waals surface area contributed by atoms with Gasteiger partial charge in [-0.3, -0.25) is 0 Å². The van der Waals surface area contributed by atoms with E-state index in [0.717, 1.165) is 12.0 Å². The van der Waals surface area contributed by atoms with Crippen molar-refractivity contribution in [2.45, 2.75) is 59.2 Å². The topological polar surface area (TPSA) is 70.6 Å². The Morgan fingerprint density at radius 2 is 2.00 bits per heavy atom. The second kappa shape index (κ2) is 9.28. The number of amides is 1. The van der Waals surface area contributed by atoms with Crippen LogP contribution in [0, 0.1) is 5.92 Å². The number of benzene rings is 1. The number of alkyl carbamates (subject to hydrolysis) is 1. The summed E-state index contributed by atoms with van der Waals surface area (Å²) >= 11 is 3.32. The molecule has 136 valence electrons. The number of ether oxygens (including phenoxy) is 1. The predicted octanol–water partition coefficient (Wildman–Crippen LogP) is 4.18. The van der Waals surface area contributed by atoms with E-state index in [2.05, 4.69) is 40.4 Å². The monoisotopic (exact) mass is 400 g/mol. The molecule has 0 aliphatic rings. The molecule has 24 heavy (non-hydrogen) atoms. The lowest BCUT2D eigenvalue weighted by molar-refractivity contribution is 0.0520. The number of halogens is 1. The molecule has 6 heteroatoms. The maximum atomic E-state index is 11.8. The van der Waals surface area contributed by atoms with Crippen LogP contribution in [0.15, 0.2) is 22.7 Å². The Bertz CT molecular complexity index is 542. The summed E-state index contributed by atoms with van der Waals surface area (Å²) in [5.74, 6) is 0.735. The summed E-state index contributed by atoms with van der Waals surface area (Å²) in [4.78, 5) is 11.8. The fraction of sp³-hybridized carbons (Fsp3) is 0.611. The van der Waals surface area contributed by atoms with Crippen molar-refractivity contribution < 1.29 is 14.6 Å². The molecule has 1 rings (SSSR count). The number of hydrogen-bond acceptors (Lipinski definition) is 4. The van der Waals surface area contributed by atoms with Crippen molar-refractivity contribution in [3.63, 3.8) is 0 Å². The summed E-state index contributed by atoms with van der Waals surface area (Å²) < 4.78 is 5.95. The molecule has 1 atom stereocenters. The molecule has 1 aromatic rings. The van der Waals surface area contributed by atoms with Crippen LogP contribution in [0.4, 0.5) is 4.79 Å². The van der Waals surface area contributed by atoms with Crippen LogP contribution in [0.25, 0.3) is 0 Å². The summed E-state index contributed by atoms with van der Waals surface area (Å²) in [6, 6.07) is 5.57. The highest BCUT2D eigenvalue weighted by Gasteiger charge is 2.18. The fourth-order valence-corrected chi connectivity index (χ4v) is 2.68. The third-order valence-electron chi connectivity index (χ3n) is 3.25. The largest absolute Gasteiger partial charge is 0.507 e. The first kappa shape index (κ1) is 20.8. The van der Waals surface area contributed by atoms with E-state index >= 15 is 0 Å². The van der Waals surface area contributed by atoms with Gasteiger partial charge in [-0.05, 0) is 66.7 Å². The summed E-state index contributed by atoms with van der Waals surface area (Å²) in [6.45, 7) is 11.0. The molecule has 0 aromatic heterocycles. The SMILES string of the molecule is CC(C)CC(CNC(=O)OC(C)(C)C)NCc1ccc(O)c(Br)c1. The lowest BCUT2D eigenvalue weighted by atomic mass is 10.0. The Morgan fingerprint density at radius 1 is 1.33 bits per heavy atom. The van der Waals surface area contributed by atoms with E-state index < -0.39 is 11.7 Å². The molecule has 0 spiro atoms. The fourth-order valence-electron chi connectivity index (χ4n) is 2.25. The van der Waals surface area contributed by atoms with Crippen molar-refractivity contribution in [3.8, 4) is 5.75 Å². The van der Waals surface area contributed by atoms with Crippen LogP contribution in [0.1, 0.15) is 46.6 Å². The van der Waals surface area contributed by atoms with Crippen molar-refractivity contribution in [2.75, 3.05) is 6.54 Å². The molecule has 0 bridgehead atoms. The summed E-state index contributed by atoms with van der Waals surface area (Å²) in [5, 5.41) is 15.8. The zero-order valence-corrected chi connectivity index (χ0v) is 16.7. The Balaban J connectivity index is 2.55. The summed E-state index contributed by atoms with van der Waals surface area (Å²) in [5.41, 5.74) is 0.564. The van der Waals surface area contributed by atoms with E-state index in [9.17, 15) is 9.90 Å². The van der Waals surface area contributed by atoms with Crippen molar-refractivity contribution in [1.82, 2.24) is 10.6 Å². The number of phenols is 1. The lowest BCUT2D eigenvalue weighted by Crippen LogP contribution is -2.43. The zero-order chi connectivity index (χ0) is 18.3. The summed E-state index contributed by atoms with van der Waals surface area (Å²) in [6.07, 6.45) is 0.542. The van der Waals surface area contributed by atoms with Gasteiger partial charge in [-0.1, -0.05) is 19.9 Å². The van der Waals surface area contributed by atoms with E-state index in [1.165, 1.54) is 0 Å². The minimum atomic E-state index is -0.497. The Hall–Kier alpha value is -1.27. The van der Waals surface area contributed by atoms with Crippen molar-refractivity contribution in [1.29, 1.82) is 0 Å². The van der Waals surface area contributed by atoms with E-state index in [0.29, 0.717) is 23.5 Å². The molecule has 0 saturated carbocycles. The highest BCUT2D eigenvalue weighted by molar-refractivity contribution is 9.10. The quantitative estimate of drug-likeness (QED) is 0.641. The van der Waals surface area contributed by atoms with Gasteiger partial charge >= 0.3 is 6.09 Å². The number of aromatic hydroxyl groups is 1. The van der Waals surface area contributed by atoms with Crippen LogP contribution in [0.5, 0.6) is 5.75 Å². The maximum Gasteiger partial charge on any atom is 0.407 e. The molecule has 0 aliphatic carbocycles. The van der Waals surface area contributed by atoms with Gasteiger partial charge in [0.05, 0.1) is 4.47 Å². The Kier molecular flexibility index (Phi) is 8.03. The first-order chi connectivity index (χ1) is 11.1. The molecule has 3 N–H and O–H groups in total. The van der Waals surface area contributed by atoms with Crippen LogP contribution < -0.4 is 10.6 Å². The third kappa shape index (κ3) is 8.55. The predicted molar refractivity (Wildman–Crippen MR) is 100 cm³/mol. The van der Waals surface area contributed by atoms with Gasteiger partial charge < -0.3 is 20.5 Å². The smallest absolute Gasteiger partial charge is 0.407 e. The van der Waals surface area contributed by atoms with Gasteiger partial charge in [0, 0.05) is 19.1 Å². The maximum absolute atomic E-state index is 11.8. The highest BCUT2D eigenvalue weighted by Crippen LogP contribution is 2.24. The van der Waals surface area contributed by atoms with Gasteiger partial charge in [0.2, 0.25) is 0 Å². The van der Waals surface area contributed by atoms with Crippen LogP contribution >= 0.6 is 15.9 Å². The minimum absolute atomic E-state index is 0.144. The standard InChI is InChI=1S/C18H29BrN2O3/c1-12(2)8-14(11-21-17(23)24-18(3,4)5)20-10-13-6-7-16(22)15(19)9-13/h6-7,9,12,14,20,22H,8,10-11H2,1-5H3,(H,21,23). The minimum Gasteiger partial charge on any atom is -0.507 e. The number of hydrogen-bond donors (Lipinski definition) is 3. The van der Waals surface area contributed by atoms with Crippen LogP contribution in [-0.2, 0) is 11.3 Å². The normalized spacial score (nSPS) is 13.0. The first-order valence-corrected chi connectivity index (χ1v) is 9.03. The number of nitrogens with one attached hydrogen (secondary N) is 2. The van der Waals surface area contributed by atoms with Gasteiger partial charge in [-0.15, -0.1) is 0 Å². The molecule has 0 fully saturated rings. The molecule has 5 nitrogen and oxygen atoms in total. The molecule has 0 saturated heterocycles. The van der Waals surface area contributed by atoms with E-state index in [-0.39, 0.29) is 11.8 Å². The first-order valence-electron chi connectivity index (χ1n) is 8.24. The Labute approximate surface area is 153 Å². The van der Waals surface area contributed by atoms with Gasteiger partial charge in [0.1, 0.15) is 11.4 Å². The van der Waals surface area contributed by atoms with Gasteiger partial charge in [-0.25, -0.2) is 4.79 Å².